The monoisotopic (exact) mass is 437 g/mol. The summed E-state index contributed by atoms with van der Waals surface area (Å²) in [7, 11) is 2.11. The third-order valence-electron chi connectivity index (χ3n) is 6.29. The maximum atomic E-state index is 13.8. The topological polar surface area (TPSA) is 53.4 Å². The smallest absolute Gasteiger partial charge is 0.276 e. The van der Waals surface area contributed by atoms with Gasteiger partial charge >= 0.3 is 0 Å². The second kappa shape index (κ2) is 8.35. The summed E-state index contributed by atoms with van der Waals surface area (Å²) in [6, 6.07) is 11.5. The fourth-order valence-corrected chi connectivity index (χ4v) is 4.53. The molecule has 0 radical (unpaired) electrons. The molecule has 0 bridgehead atoms. The number of piperazine rings is 1. The second-order valence-corrected chi connectivity index (χ2v) is 8.40. The van der Waals surface area contributed by atoms with E-state index in [1.54, 1.807) is 4.68 Å². The molecule has 0 unspecified atom stereocenters. The third-order valence-corrected chi connectivity index (χ3v) is 6.29. The van der Waals surface area contributed by atoms with Crippen molar-refractivity contribution in [3.63, 3.8) is 0 Å². The first-order valence-electron chi connectivity index (χ1n) is 10.9. The normalized spacial score (nSPS) is 16.3. The van der Waals surface area contributed by atoms with E-state index >= 15 is 0 Å². The number of aromatic nitrogens is 2. The van der Waals surface area contributed by atoms with Gasteiger partial charge in [-0.1, -0.05) is 12.1 Å². The molecule has 2 aliphatic rings. The number of fused-ring (bicyclic) bond motifs is 1. The highest BCUT2D eigenvalue weighted by Crippen LogP contribution is 2.31. The van der Waals surface area contributed by atoms with Crippen molar-refractivity contribution >= 4 is 17.3 Å². The van der Waals surface area contributed by atoms with Crippen LogP contribution in [0.5, 0.6) is 0 Å². The van der Waals surface area contributed by atoms with Crippen LogP contribution in [0.1, 0.15) is 28.2 Å². The lowest BCUT2D eigenvalue weighted by atomic mass is 10.1. The summed E-state index contributed by atoms with van der Waals surface area (Å²) < 4.78 is 28.8. The van der Waals surface area contributed by atoms with Gasteiger partial charge in [0.1, 0.15) is 0 Å². The van der Waals surface area contributed by atoms with Gasteiger partial charge in [-0.05, 0) is 50.6 Å². The Hall–Kier alpha value is -3.26. The van der Waals surface area contributed by atoms with Crippen molar-refractivity contribution < 1.29 is 13.6 Å². The maximum absolute atomic E-state index is 13.8. The van der Waals surface area contributed by atoms with Crippen LogP contribution in [-0.4, -0.2) is 53.8 Å². The number of anilines is 2. The van der Waals surface area contributed by atoms with Crippen molar-refractivity contribution in [2.75, 3.05) is 43.4 Å². The fraction of sp³-hybridized carbons (Fsp3) is 0.333. The predicted molar refractivity (Wildman–Crippen MR) is 120 cm³/mol. The number of carbonyl (C=O) groups is 1. The molecule has 166 valence electrons. The van der Waals surface area contributed by atoms with Crippen molar-refractivity contribution in [2.45, 2.75) is 19.3 Å². The first-order chi connectivity index (χ1) is 15.5. The SMILES string of the molecule is CN1CCN(c2ccccc2NC(=O)c2nn(-c3ccc(F)c(F)c3)c3c2CCC3)CC1. The summed E-state index contributed by atoms with van der Waals surface area (Å²) in [5, 5.41) is 7.56. The van der Waals surface area contributed by atoms with E-state index in [9.17, 15) is 13.6 Å². The first-order valence-corrected chi connectivity index (χ1v) is 10.9. The first kappa shape index (κ1) is 20.6. The zero-order chi connectivity index (χ0) is 22.2. The Morgan fingerprint density at radius 1 is 1.00 bits per heavy atom. The molecule has 0 atom stereocenters. The van der Waals surface area contributed by atoms with Gasteiger partial charge in [-0.15, -0.1) is 0 Å². The van der Waals surface area contributed by atoms with Gasteiger partial charge in [-0.3, -0.25) is 4.79 Å². The molecule has 2 heterocycles. The van der Waals surface area contributed by atoms with Gasteiger partial charge in [0.15, 0.2) is 17.3 Å². The maximum Gasteiger partial charge on any atom is 0.276 e. The van der Waals surface area contributed by atoms with Gasteiger partial charge in [0.2, 0.25) is 0 Å². The number of amides is 1. The fourth-order valence-electron chi connectivity index (χ4n) is 4.53. The molecule has 6 nitrogen and oxygen atoms in total. The Balaban J connectivity index is 1.45. The number of halogens is 2. The summed E-state index contributed by atoms with van der Waals surface area (Å²) in [5.74, 6) is -2.13. The van der Waals surface area contributed by atoms with Crippen LogP contribution in [-0.2, 0) is 12.8 Å². The largest absolute Gasteiger partial charge is 0.367 e. The van der Waals surface area contributed by atoms with E-state index in [1.165, 1.54) is 6.07 Å². The number of hydrogen-bond acceptors (Lipinski definition) is 4. The summed E-state index contributed by atoms with van der Waals surface area (Å²) in [6.45, 7) is 3.72. The van der Waals surface area contributed by atoms with Gasteiger partial charge in [0.25, 0.3) is 5.91 Å². The molecular weight excluding hydrogens is 412 g/mol. The van der Waals surface area contributed by atoms with E-state index in [2.05, 4.69) is 27.3 Å². The highest BCUT2D eigenvalue weighted by atomic mass is 19.2. The zero-order valence-corrected chi connectivity index (χ0v) is 17.9. The highest BCUT2D eigenvalue weighted by molar-refractivity contribution is 6.06. The number of benzene rings is 2. The van der Waals surface area contributed by atoms with E-state index < -0.39 is 11.6 Å². The second-order valence-electron chi connectivity index (χ2n) is 8.40. The molecule has 0 saturated carbocycles. The molecule has 1 aliphatic carbocycles. The minimum Gasteiger partial charge on any atom is -0.367 e. The van der Waals surface area contributed by atoms with Crippen LogP contribution in [0.3, 0.4) is 0 Å². The number of carbonyl (C=O) groups excluding carboxylic acids is 1. The average Bonchev–Trinajstić information content (AvgIpc) is 3.40. The van der Waals surface area contributed by atoms with E-state index in [-0.39, 0.29) is 5.91 Å². The molecule has 1 saturated heterocycles. The Kier molecular flexibility index (Phi) is 5.38. The van der Waals surface area contributed by atoms with Crippen molar-refractivity contribution in [1.29, 1.82) is 0 Å². The molecule has 5 rings (SSSR count). The summed E-state index contributed by atoms with van der Waals surface area (Å²) >= 11 is 0. The van der Waals surface area contributed by atoms with Gasteiger partial charge in [0.05, 0.1) is 17.1 Å². The van der Waals surface area contributed by atoms with E-state index in [1.807, 2.05) is 24.3 Å². The molecule has 1 fully saturated rings. The summed E-state index contributed by atoms with van der Waals surface area (Å²) in [4.78, 5) is 17.8. The van der Waals surface area contributed by atoms with Crippen LogP contribution in [0.4, 0.5) is 20.2 Å². The van der Waals surface area contributed by atoms with Crippen molar-refractivity contribution in [2.24, 2.45) is 0 Å². The third kappa shape index (κ3) is 3.75. The Labute approximate surface area is 185 Å². The van der Waals surface area contributed by atoms with Crippen molar-refractivity contribution in [1.82, 2.24) is 14.7 Å². The van der Waals surface area contributed by atoms with Gasteiger partial charge < -0.3 is 15.1 Å². The number of nitrogens with zero attached hydrogens (tertiary/aromatic N) is 4. The van der Waals surface area contributed by atoms with Crippen LogP contribution < -0.4 is 10.2 Å². The lowest BCUT2D eigenvalue weighted by Crippen LogP contribution is -2.44. The van der Waals surface area contributed by atoms with Crippen LogP contribution in [0.2, 0.25) is 0 Å². The quantitative estimate of drug-likeness (QED) is 0.677. The highest BCUT2D eigenvalue weighted by Gasteiger charge is 2.28. The van der Waals surface area contributed by atoms with E-state index in [4.69, 9.17) is 0 Å². The predicted octanol–water partition coefficient (Wildman–Crippen LogP) is 3.64. The number of nitrogens with one attached hydrogen (secondary N) is 1. The Morgan fingerprint density at radius 3 is 2.56 bits per heavy atom. The van der Waals surface area contributed by atoms with E-state index in [0.29, 0.717) is 11.4 Å². The van der Waals surface area contributed by atoms with Gasteiger partial charge in [0, 0.05) is 43.5 Å². The number of para-hydroxylation sites is 2. The molecule has 0 spiro atoms. The molecule has 2 aromatic carbocycles. The molecule has 8 heteroatoms. The minimum atomic E-state index is -0.933. The van der Waals surface area contributed by atoms with E-state index in [0.717, 1.165) is 80.2 Å². The minimum absolute atomic E-state index is 0.286. The number of hydrogen-bond donors (Lipinski definition) is 1. The number of rotatable bonds is 4. The lowest BCUT2D eigenvalue weighted by Gasteiger charge is -2.35. The lowest BCUT2D eigenvalue weighted by molar-refractivity contribution is 0.102. The molecular formula is C24H25F2N5O. The summed E-state index contributed by atoms with van der Waals surface area (Å²) in [6.07, 6.45) is 2.38. The van der Waals surface area contributed by atoms with Crippen LogP contribution in [0, 0.1) is 11.6 Å². The molecule has 1 aliphatic heterocycles. The van der Waals surface area contributed by atoms with Crippen molar-refractivity contribution in [3.05, 3.63) is 71.1 Å². The Bertz CT molecular complexity index is 1170. The summed E-state index contributed by atoms with van der Waals surface area (Å²) in [5.41, 5.74) is 4.26. The molecule has 1 N–H and O–H groups in total. The molecule has 1 aromatic heterocycles. The molecule has 3 aromatic rings. The molecule has 32 heavy (non-hydrogen) atoms. The zero-order valence-electron chi connectivity index (χ0n) is 17.9. The van der Waals surface area contributed by atoms with Gasteiger partial charge in [-0.25, -0.2) is 13.5 Å². The molecule has 1 amide bonds. The number of likely N-dealkylation sites (N-methyl/N-ethyl adjacent to an activating group) is 1. The van der Waals surface area contributed by atoms with Gasteiger partial charge in [-0.2, -0.15) is 5.10 Å². The van der Waals surface area contributed by atoms with Crippen LogP contribution >= 0.6 is 0 Å². The van der Waals surface area contributed by atoms with Crippen LogP contribution in [0.15, 0.2) is 42.5 Å². The van der Waals surface area contributed by atoms with Crippen molar-refractivity contribution in [3.8, 4) is 5.69 Å². The Morgan fingerprint density at radius 2 is 1.78 bits per heavy atom. The average molecular weight is 437 g/mol. The standard InChI is InChI=1S/C24H25F2N5O/c1-29-11-13-30(14-12-29)22-7-3-2-6-20(22)27-24(32)23-17-5-4-8-21(17)31(28-23)16-9-10-18(25)19(26)15-16/h2-3,6-7,9-10,15H,4-5,8,11-14H2,1H3,(H,27,32). The van der Waals surface area contributed by atoms with Crippen LogP contribution in [0.25, 0.3) is 5.69 Å².